The van der Waals surface area contributed by atoms with Crippen molar-refractivity contribution in [2.75, 3.05) is 0 Å². The number of ketones is 1. The van der Waals surface area contributed by atoms with E-state index in [-0.39, 0.29) is 5.41 Å². The van der Waals surface area contributed by atoms with Crippen molar-refractivity contribution in [1.29, 1.82) is 0 Å². The molecule has 3 nitrogen and oxygen atoms in total. The smallest absolute Gasteiger partial charge is 0.158 e. The van der Waals surface area contributed by atoms with Gasteiger partial charge in [-0.25, -0.2) is 5.10 Å². The van der Waals surface area contributed by atoms with Crippen LogP contribution in [0.1, 0.15) is 33.1 Å². The average molecular weight is 299 g/mol. The Hall–Kier alpha value is -0.426. The third kappa shape index (κ3) is 4.87. The third-order valence-electron chi connectivity index (χ3n) is 3.27. The normalized spacial score (nSPS) is 22.7. The van der Waals surface area contributed by atoms with Crippen molar-refractivity contribution in [3.8, 4) is 0 Å². The van der Waals surface area contributed by atoms with Crippen LogP contribution in [0.4, 0.5) is 0 Å². The summed E-state index contributed by atoms with van der Waals surface area (Å²) in [5.74, 6) is 0.348. The zero-order chi connectivity index (χ0) is 15.1. The highest BCUT2D eigenvalue weighted by atomic mass is 28.4. The standard InChI is InChI=1S/C14H30N2OSi2/c1-14(2)10-12(9-13(17)11-14)15-16(18(3,4)5)19(6,7)8/h9-11H2,1-8H3/b15-12+. The Bertz CT molecular complexity index is 375. The Morgan fingerprint density at radius 2 is 1.47 bits per heavy atom. The van der Waals surface area contributed by atoms with E-state index in [0.717, 1.165) is 12.1 Å². The Kier molecular flexibility index (Phi) is 4.52. The molecule has 19 heavy (non-hydrogen) atoms. The summed E-state index contributed by atoms with van der Waals surface area (Å²) in [7, 11) is -2.96. The fraction of sp³-hybridized carbons (Fsp3) is 0.857. The molecule has 0 N–H and O–H groups in total. The summed E-state index contributed by atoms with van der Waals surface area (Å²) >= 11 is 0. The second kappa shape index (κ2) is 5.16. The van der Waals surface area contributed by atoms with Gasteiger partial charge in [-0.15, -0.1) is 0 Å². The molecule has 1 aliphatic carbocycles. The number of nitrogens with zero attached hydrogens (tertiary/aromatic N) is 2. The molecule has 0 spiro atoms. The monoisotopic (exact) mass is 298 g/mol. The maximum Gasteiger partial charge on any atom is 0.158 e. The number of hydrogen-bond acceptors (Lipinski definition) is 3. The molecule has 0 bridgehead atoms. The molecular weight excluding hydrogens is 268 g/mol. The summed E-state index contributed by atoms with van der Waals surface area (Å²) in [5.41, 5.74) is 1.18. The quantitative estimate of drug-likeness (QED) is 0.580. The van der Waals surface area contributed by atoms with Gasteiger partial charge >= 0.3 is 0 Å². The van der Waals surface area contributed by atoms with Crippen molar-refractivity contribution < 1.29 is 4.79 Å². The molecular formula is C14H30N2OSi2. The predicted molar refractivity (Wildman–Crippen MR) is 88.6 cm³/mol. The fourth-order valence-electron chi connectivity index (χ4n) is 3.02. The second-order valence-electron chi connectivity index (χ2n) is 8.55. The topological polar surface area (TPSA) is 32.7 Å². The molecule has 0 saturated heterocycles. The first-order valence-electron chi connectivity index (χ1n) is 7.20. The summed E-state index contributed by atoms with van der Waals surface area (Å²) < 4.78 is 2.42. The molecule has 0 aromatic rings. The maximum absolute atomic E-state index is 11.9. The van der Waals surface area contributed by atoms with E-state index >= 15 is 0 Å². The third-order valence-corrected chi connectivity index (χ3v) is 10.0. The van der Waals surface area contributed by atoms with Gasteiger partial charge in [0.25, 0.3) is 0 Å². The number of carbonyl (C=O) groups excluding carboxylic acids is 1. The molecule has 1 rings (SSSR count). The molecule has 0 heterocycles. The highest BCUT2D eigenvalue weighted by molar-refractivity contribution is 6.89. The van der Waals surface area contributed by atoms with Crippen molar-refractivity contribution in [3.63, 3.8) is 0 Å². The van der Waals surface area contributed by atoms with Gasteiger partial charge in [-0.1, -0.05) is 53.1 Å². The Morgan fingerprint density at radius 3 is 1.84 bits per heavy atom. The minimum atomic E-state index is -1.48. The van der Waals surface area contributed by atoms with E-state index in [9.17, 15) is 4.79 Å². The van der Waals surface area contributed by atoms with Crippen LogP contribution in [0.15, 0.2) is 5.10 Å². The van der Waals surface area contributed by atoms with Crippen LogP contribution in [0.5, 0.6) is 0 Å². The lowest BCUT2D eigenvalue weighted by molar-refractivity contribution is -0.120. The lowest BCUT2D eigenvalue weighted by Gasteiger charge is -2.43. The first-order chi connectivity index (χ1) is 8.31. The van der Waals surface area contributed by atoms with Gasteiger partial charge in [0, 0.05) is 18.6 Å². The lowest BCUT2D eigenvalue weighted by Crippen LogP contribution is -2.56. The van der Waals surface area contributed by atoms with Crippen LogP contribution >= 0.6 is 0 Å². The van der Waals surface area contributed by atoms with Crippen LogP contribution in [0.2, 0.25) is 39.3 Å². The molecule has 0 radical (unpaired) electrons. The van der Waals surface area contributed by atoms with Gasteiger partial charge < -0.3 is 4.34 Å². The Labute approximate surface area is 120 Å². The zero-order valence-corrected chi connectivity index (χ0v) is 15.9. The molecule has 110 valence electrons. The first-order valence-corrected chi connectivity index (χ1v) is 14.1. The largest absolute Gasteiger partial charge is 0.350 e. The Morgan fingerprint density at radius 1 is 1.00 bits per heavy atom. The molecule has 0 aromatic heterocycles. The van der Waals surface area contributed by atoms with Crippen molar-refractivity contribution in [3.05, 3.63) is 0 Å². The van der Waals surface area contributed by atoms with Gasteiger partial charge in [0.1, 0.15) is 5.78 Å². The van der Waals surface area contributed by atoms with Crippen LogP contribution in [-0.2, 0) is 4.79 Å². The molecule has 0 unspecified atom stereocenters. The number of rotatable bonds is 3. The zero-order valence-electron chi connectivity index (χ0n) is 13.9. The lowest BCUT2D eigenvalue weighted by atomic mass is 9.76. The molecule has 5 heteroatoms. The summed E-state index contributed by atoms with van der Waals surface area (Å²) in [6, 6.07) is 0. The number of carbonyl (C=O) groups is 1. The number of Topliss-reactive ketones (excluding diaryl/α,β-unsaturated/α-hetero) is 1. The summed E-state index contributed by atoms with van der Waals surface area (Å²) in [6.07, 6.45) is 2.23. The molecule has 1 aliphatic rings. The maximum atomic E-state index is 11.9. The number of hydrogen-bond donors (Lipinski definition) is 0. The van der Waals surface area contributed by atoms with Crippen molar-refractivity contribution in [1.82, 2.24) is 4.34 Å². The van der Waals surface area contributed by atoms with Gasteiger partial charge in [-0.2, -0.15) is 0 Å². The molecule has 1 saturated carbocycles. The summed E-state index contributed by atoms with van der Waals surface area (Å²) in [5, 5.41) is 4.98. The van der Waals surface area contributed by atoms with Crippen molar-refractivity contribution in [2.24, 2.45) is 10.5 Å². The van der Waals surface area contributed by atoms with E-state index in [1.807, 2.05) is 0 Å². The minimum Gasteiger partial charge on any atom is -0.350 e. The molecule has 0 aromatic carbocycles. The highest BCUT2D eigenvalue weighted by Crippen LogP contribution is 2.33. The summed E-state index contributed by atoms with van der Waals surface area (Å²) in [6.45, 7) is 18.4. The minimum absolute atomic E-state index is 0.0821. The number of hydrazone groups is 1. The molecule has 0 aliphatic heterocycles. The van der Waals surface area contributed by atoms with E-state index in [2.05, 4.69) is 57.5 Å². The van der Waals surface area contributed by atoms with E-state index in [0.29, 0.717) is 18.6 Å². The van der Waals surface area contributed by atoms with Crippen molar-refractivity contribution >= 4 is 28.0 Å². The fourth-order valence-corrected chi connectivity index (χ4v) is 12.0. The molecule has 0 amide bonds. The van der Waals surface area contributed by atoms with Crippen LogP contribution in [0.3, 0.4) is 0 Å². The second-order valence-corrected chi connectivity index (χ2v) is 18.5. The SMILES string of the molecule is CC1(C)CC(=O)C/C(=N\N([Si](C)(C)C)[Si](C)(C)C)C1. The van der Waals surface area contributed by atoms with Crippen LogP contribution in [0, 0.1) is 5.41 Å². The highest BCUT2D eigenvalue weighted by Gasteiger charge is 2.36. The molecule has 0 atom stereocenters. The van der Waals surface area contributed by atoms with Crippen LogP contribution in [0.25, 0.3) is 0 Å². The summed E-state index contributed by atoms with van der Waals surface area (Å²) in [4.78, 5) is 11.9. The van der Waals surface area contributed by atoms with Gasteiger partial charge in [0.2, 0.25) is 0 Å². The van der Waals surface area contributed by atoms with Crippen LogP contribution in [-0.4, -0.2) is 32.3 Å². The van der Waals surface area contributed by atoms with Crippen molar-refractivity contribution in [2.45, 2.75) is 72.4 Å². The van der Waals surface area contributed by atoms with Gasteiger partial charge in [0.15, 0.2) is 16.5 Å². The average Bonchev–Trinajstić information content (AvgIpc) is 2.06. The van der Waals surface area contributed by atoms with E-state index in [1.54, 1.807) is 0 Å². The van der Waals surface area contributed by atoms with Crippen LogP contribution < -0.4 is 0 Å². The van der Waals surface area contributed by atoms with Gasteiger partial charge in [-0.3, -0.25) is 4.79 Å². The van der Waals surface area contributed by atoms with E-state index < -0.39 is 16.5 Å². The van der Waals surface area contributed by atoms with Gasteiger partial charge in [0.05, 0.1) is 0 Å². The van der Waals surface area contributed by atoms with E-state index in [4.69, 9.17) is 5.10 Å². The first kappa shape index (κ1) is 16.6. The molecule has 1 fully saturated rings. The van der Waals surface area contributed by atoms with E-state index in [1.165, 1.54) is 0 Å². The predicted octanol–water partition coefficient (Wildman–Crippen LogP) is 4.09. The Balaban J connectivity index is 3.06. The van der Waals surface area contributed by atoms with Gasteiger partial charge in [-0.05, 0) is 11.8 Å².